The molecule has 0 aliphatic carbocycles. The Morgan fingerprint density at radius 1 is 1.11 bits per heavy atom. The maximum atomic E-state index is 12.4. The number of benzene rings is 2. The number of amides is 1. The molecule has 1 N–H and O–H groups in total. The number of hydrogen-bond acceptors (Lipinski definition) is 6. The molecule has 9 heteroatoms. The Bertz CT molecular complexity index is 1060. The molecule has 7 nitrogen and oxygen atoms in total. The Morgan fingerprint density at radius 3 is 2.57 bits per heavy atom. The van der Waals surface area contributed by atoms with Gasteiger partial charge in [-0.05, 0) is 37.4 Å². The maximum absolute atomic E-state index is 12.4. The fraction of sp³-hybridized carbons (Fsp3) is 0.263. The fourth-order valence-electron chi connectivity index (χ4n) is 2.67. The summed E-state index contributed by atoms with van der Waals surface area (Å²) in [5.74, 6) is -0.219. The molecule has 0 saturated carbocycles. The molecule has 0 aliphatic rings. The predicted octanol–water partition coefficient (Wildman–Crippen LogP) is 2.62. The van der Waals surface area contributed by atoms with Crippen LogP contribution in [0.5, 0.6) is 0 Å². The minimum absolute atomic E-state index is 0.137. The van der Waals surface area contributed by atoms with Crippen molar-refractivity contribution in [1.82, 2.24) is 14.2 Å². The Morgan fingerprint density at radius 2 is 1.86 bits per heavy atom. The van der Waals surface area contributed by atoms with Crippen LogP contribution in [-0.4, -0.2) is 56.2 Å². The Kier molecular flexibility index (Phi) is 6.09. The van der Waals surface area contributed by atoms with Crippen LogP contribution in [0.25, 0.3) is 10.2 Å². The van der Waals surface area contributed by atoms with Crippen LogP contribution in [0.15, 0.2) is 53.4 Å². The number of carbonyl (C=O) groups excluding carboxylic acids is 1. The number of likely N-dealkylation sites (N-methyl/N-ethyl adjacent to an activating group) is 1. The molecule has 0 unspecified atom stereocenters. The standard InChI is InChI=1S/C19H22N4O3S2/c1-22(2)28(25,26)15-8-6-7-14(11-15)20-18(24)12-23(3)13-19-21-16-9-4-5-10-17(16)27-19/h4-11H,12-13H2,1-3H3,(H,20,24). The van der Waals surface area contributed by atoms with Gasteiger partial charge < -0.3 is 5.32 Å². The van der Waals surface area contributed by atoms with Crippen LogP contribution in [0.1, 0.15) is 5.01 Å². The maximum Gasteiger partial charge on any atom is 0.242 e. The van der Waals surface area contributed by atoms with Crippen LogP contribution in [0.4, 0.5) is 5.69 Å². The third kappa shape index (κ3) is 4.74. The van der Waals surface area contributed by atoms with Crippen molar-refractivity contribution in [2.75, 3.05) is 33.0 Å². The van der Waals surface area contributed by atoms with Gasteiger partial charge in [0.05, 0.1) is 28.2 Å². The summed E-state index contributed by atoms with van der Waals surface area (Å²) in [4.78, 5) is 18.9. The number of nitrogens with one attached hydrogen (secondary N) is 1. The normalized spacial score (nSPS) is 12.0. The lowest BCUT2D eigenvalue weighted by Crippen LogP contribution is -2.30. The molecule has 1 aromatic heterocycles. The summed E-state index contributed by atoms with van der Waals surface area (Å²) in [7, 11) is 1.24. The molecule has 0 bridgehead atoms. The smallest absolute Gasteiger partial charge is 0.242 e. The van der Waals surface area contributed by atoms with E-state index < -0.39 is 10.0 Å². The Hall–Kier alpha value is -2.33. The van der Waals surface area contributed by atoms with E-state index in [4.69, 9.17) is 0 Å². The number of sulfonamides is 1. The summed E-state index contributed by atoms with van der Waals surface area (Å²) in [6, 6.07) is 14.2. The van der Waals surface area contributed by atoms with Gasteiger partial charge in [0.2, 0.25) is 15.9 Å². The van der Waals surface area contributed by atoms with E-state index in [1.165, 1.54) is 26.2 Å². The van der Waals surface area contributed by atoms with E-state index in [0.717, 1.165) is 19.5 Å². The molecular formula is C19H22N4O3S2. The first-order chi connectivity index (χ1) is 13.3. The highest BCUT2D eigenvalue weighted by Crippen LogP contribution is 2.22. The summed E-state index contributed by atoms with van der Waals surface area (Å²) in [6.45, 7) is 0.725. The van der Waals surface area contributed by atoms with Crippen molar-refractivity contribution < 1.29 is 13.2 Å². The van der Waals surface area contributed by atoms with Crippen LogP contribution < -0.4 is 5.32 Å². The van der Waals surface area contributed by atoms with E-state index in [-0.39, 0.29) is 17.3 Å². The number of hydrogen-bond donors (Lipinski definition) is 1. The van der Waals surface area contributed by atoms with Gasteiger partial charge in [0, 0.05) is 19.8 Å². The number of fused-ring (bicyclic) bond motifs is 1. The molecule has 28 heavy (non-hydrogen) atoms. The SMILES string of the molecule is CN(CC(=O)Nc1cccc(S(=O)(=O)N(C)C)c1)Cc1nc2ccccc2s1. The zero-order valence-corrected chi connectivity index (χ0v) is 17.5. The van der Waals surface area contributed by atoms with Gasteiger partial charge in [-0.2, -0.15) is 0 Å². The number of rotatable bonds is 7. The average Bonchev–Trinajstić information content (AvgIpc) is 3.03. The second kappa shape index (κ2) is 8.36. The van der Waals surface area contributed by atoms with Crippen molar-refractivity contribution in [2.24, 2.45) is 0 Å². The highest BCUT2D eigenvalue weighted by atomic mass is 32.2. The molecule has 0 fully saturated rings. The average molecular weight is 419 g/mol. The molecule has 0 saturated heterocycles. The van der Waals surface area contributed by atoms with E-state index in [1.54, 1.807) is 23.5 Å². The lowest BCUT2D eigenvalue weighted by atomic mass is 10.3. The van der Waals surface area contributed by atoms with Crippen molar-refractivity contribution in [2.45, 2.75) is 11.4 Å². The minimum Gasteiger partial charge on any atom is -0.325 e. The summed E-state index contributed by atoms with van der Waals surface area (Å²) in [5, 5.41) is 3.70. The number of thiazole rings is 1. The predicted molar refractivity (Wildman–Crippen MR) is 112 cm³/mol. The highest BCUT2D eigenvalue weighted by molar-refractivity contribution is 7.89. The van der Waals surface area contributed by atoms with Crippen molar-refractivity contribution in [1.29, 1.82) is 0 Å². The molecule has 148 valence electrons. The second-order valence-electron chi connectivity index (χ2n) is 6.61. The Balaban J connectivity index is 1.62. The number of nitrogens with zero attached hydrogens (tertiary/aromatic N) is 3. The van der Waals surface area contributed by atoms with Crippen molar-refractivity contribution in [3.05, 3.63) is 53.5 Å². The van der Waals surface area contributed by atoms with Crippen LogP contribution in [0.2, 0.25) is 0 Å². The van der Waals surface area contributed by atoms with E-state index in [9.17, 15) is 13.2 Å². The molecule has 1 heterocycles. The van der Waals surface area contributed by atoms with Crippen LogP contribution in [-0.2, 0) is 21.4 Å². The van der Waals surface area contributed by atoms with Gasteiger partial charge in [0.1, 0.15) is 5.01 Å². The number of aromatic nitrogens is 1. The van der Waals surface area contributed by atoms with Crippen molar-refractivity contribution in [3.63, 3.8) is 0 Å². The van der Waals surface area contributed by atoms with Gasteiger partial charge in [0.15, 0.2) is 0 Å². The quantitative estimate of drug-likeness (QED) is 0.638. The van der Waals surface area contributed by atoms with Gasteiger partial charge in [-0.25, -0.2) is 17.7 Å². The van der Waals surface area contributed by atoms with Crippen LogP contribution >= 0.6 is 11.3 Å². The van der Waals surface area contributed by atoms with E-state index in [1.807, 2.05) is 36.2 Å². The van der Waals surface area contributed by atoms with Crippen molar-refractivity contribution in [3.8, 4) is 0 Å². The zero-order chi connectivity index (χ0) is 20.3. The largest absolute Gasteiger partial charge is 0.325 e. The molecule has 0 radical (unpaired) electrons. The highest BCUT2D eigenvalue weighted by Gasteiger charge is 2.18. The topological polar surface area (TPSA) is 82.6 Å². The number of carbonyl (C=O) groups is 1. The molecule has 3 aromatic rings. The first-order valence-corrected chi connectivity index (χ1v) is 10.9. The van der Waals surface area contributed by atoms with Gasteiger partial charge >= 0.3 is 0 Å². The van der Waals surface area contributed by atoms with E-state index in [0.29, 0.717) is 12.2 Å². The third-order valence-electron chi connectivity index (χ3n) is 4.05. The second-order valence-corrected chi connectivity index (χ2v) is 9.88. The summed E-state index contributed by atoms with van der Waals surface area (Å²) < 4.78 is 26.7. The Labute approximate surface area is 168 Å². The molecule has 0 atom stereocenters. The minimum atomic E-state index is -3.55. The van der Waals surface area contributed by atoms with E-state index in [2.05, 4.69) is 10.3 Å². The summed E-state index contributed by atoms with van der Waals surface area (Å²) in [6.07, 6.45) is 0. The molecule has 0 aliphatic heterocycles. The van der Waals surface area contributed by atoms with Gasteiger partial charge in [-0.3, -0.25) is 9.69 Å². The zero-order valence-electron chi connectivity index (χ0n) is 15.9. The van der Waals surface area contributed by atoms with Crippen LogP contribution in [0.3, 0.4) is 0 Å². The molecular weight excluding hydrogens is 396 g/mol. The van der Waals surface area contributed by atoms with Crippen molar-refractivity contribution >= 4 is 43.2 Å². The molecule has 2 aromatic carbocycles. The fourth-order valence-corrected chi connectivity index (χ4v) is 4.66. The molecule has 3 rings (SSSR count). The first-order valence-electron chi connectivity index (χ1n) is 8.61. The van der Waals surface area contributed by atoms with Gasteiger partial charge in [0.25, 0.3) is 0 Å². The molecule has 1 amide bonds. The number of anilines is 1. The third-order valence-corrected chi connectivity index (χ3v) is 6.89. The van der Waals surface area contributed by atoms with E-state index >= 15 is 0 Å². The first kappa shape index (κ1) is 20.4. The molecule has 0 spiro atoms. The van der Waals surface area contributed by atoms with Gasteiger partial charge in [-0.15, -0.1) is 11.3 Å². The number of para-hydroxylation sites is 1. The summed E-state index contributed by atoms with van der Waals surface area (Å²) in [5.41, 5.74) is 1.40. The summed E-state index contributed by atoms with van der Waals surface area (Å²) >= 11 is 1.61. The lowest BCUT2D eigenvalue weighted by Gasteiger charge is -2.15. The van der Waals surface area contributed by atoms with Crippen LogP contribution in [0, 0.1) is 0 Å². The lowest BCUT2D eigenvalue weighted by molar-refractivity contribution is -0.117. The monoisotopic (exact) mass is 418 g/mol. The van der Waals surface area contributed by atoms with Gasteiger partial charge in [-0.1, -0.05) is 18.2 Å².